The van der Waals surface area contributed by atoms with E-state index in [2.05, 4.69) is 5.32 Å². The predicted molar refractivity (Wildman–Crippen MR) is 115 cm³/mol. The van der Waals surface area contributed by atoms with E-state index >= 15 is 0 Å². The van der Waals surface area contributed by atoms with Gasteiger partial charge in [-0.2, -0.15) is 0 Å². The molecular formula is C25H24N2O2. The number of nitrogens with zero attached hydrogens (tertiary/aromatic N) is 1. The second-order valence-electron chi connectivity index (χ2n) is 7.50. The topological polar surface area (TPSA) is 49.4 Å². The largest absolute Gasteiger partial charge is 0.326 e. The fraction of sp³-hybridized carbons (Fsp3) is 0.200. The number of aryl methyl sites for hydroxylation is 1. The van der Waals surface area contributed by atoms with E-state index in [9.17, 15) is 9.59 Å². The number of amides is 2. The lowest BCUT2D eigenvalue weighted by atomic mass is 10.1. The quantitative estimate of drug-likeness (QED) is 0.663. The van der Waals surface area contributed by atoms with Crippen LogP contribution in [-0.4, -0.2) is 11.8 Å². The molecule has 1 saturated carbocycles. The number of carbonyl (C=O) groups is 2. The first kappa shape index (κ1) is 18.9. The fourth-order valence-corrected chi connectivity index (χ4v) is 3.57. The van der Waals surface area contributed by atoms with Crippen molar-refractivity contribution in [2.75, 3.05) is 10.2 Å². The summed E-state index contributed by atoms with van der Waals surface area (Å²) in [5.74, 6) is -0.623. The van der Waals surface area contributed by atoms with Crippen LogP contribution >= 0.6 is 0 Å². The summed E-state index contributed by atoms with van der Waals surface area (Å²) in [4.78, 5) is 27.8. The molecular weight excluding hydrogens is 360 g/mol. The molecule has 2 atom stereocenters. The molecule has 0 heterocycles. The molecule has 146 valence electrons. The third kappa shape index (κ3) is 4.37. The highest BCUT2D eigenvalue weighted by Crippen LogP contribution is 2.42. The number of hydrogen-bond donors (Lipinski definition) is 1. The third-order valence-electron chi connectivity index (χ3n) is 5.36. The summed E-state index contributed by atoms with van der Waals surface area (Å²) in [5, 5.41) is 2.98. The van der Waals surface area contributed by atoms with Gasteiger partial charge in [0.25, 0.3) is 0 Å². The van der Waals surface area contributed by atoms with E-state index in [4.69, 9.17) is 0 Å². The maximum atomic E-state index is 13.3. The molecule has 1 aliphatic carbocycles. The summed E-state index contributed by atoms with van der Waals surface area (Å²) in [6.45, 7) is 2.45. The smallest absolute Gasteiger partial charge is 0.231 e. The minimum atomic E-state index is -0.275. The van der Waals surface area contributed by atoms with Gasteiger partial charge in [0.15, 0.2) is 0 Å². The Morgan fingerprint density at radius 2 is 1.48 bits per heavy atom. The average molecular weight is 384 g/mol. The van der Waals surface area contributed by atoms with Gasteiger partial charge in [-0.1, -0.05) is 66.7 Å². The van der Waals surface area contributed by atoms with E-state index in [0.29, 0.717) is 13.0 Å². The maximum Gasteiger partial charge on any atom is 0.231 e. The third-order valence-corrected chi connectivity index (χ3v) is 5.36. The minimum Gasteiger partial charge on any atom is -0.326 e. The molecule has 0 aliphatic heterocycles. The van der Waals surface area contributed by atoms with Crippen LogP contribution in [0.2, 0.25) is 0 Å². The molecule has 3 aromatic rings. The Morgan fingerprint density at radius 1 is 0.862 bits per heavy atom. The standard InChI is InChI=1S/C25H24N2O2/c1-18-10-8-9-15-23(18)26-24(28)21-16-22(21)25(29)27(20-13-6-3-7-14-20)17-19-11-4-2-5-12-19/h2-15,21-22H,16-17H2,1H3,(H,26,28). The Kier molecular flexibility index (Phi) is 5.43. The van der Waals surface area contributed by atoms with Crippen LogP contribution in [0.4, 0.5) is 11.4 Å². The van der Waals surface area contributed by atoms with E-state index in [1.165, 1.54) is 0 Å². The van der Waals surface area contributed by atoms with Crippen LogP contribution < -0.4 is 10.2 Å². The lowest BCUT2D eigenvalue weighted by Crippen LogP contribution is -2.33. The van der Waals surface area contributed by atoms with Crippen LogP contribution in [0.3, 0.4) is 0 Å². The van der Waals surface area contributed by atoms with Gasteiger partial charge >= 0.3 is 0 Å². The lowest BCUT2D eigenvalue weighted by Gasteiger charge is -2.23. The van der Waals surface area contributed by atoms with Crippen LogP contribution in [0.15, 0.2) is 84.9 Å². The van der Waals surface area contributed by atoms with Gasteiger partial charge in [0.2, 0.25) is 11.8 Å². The highest BCUT2D eigenvalue weighted by Gasteiger charge is 2.49. The first-order valence-corrected chi connectivity index (χ1v) is 9.90. The Balaban J connectivity index is 1.48. The molecule has 1 fully saturated rings. The molecule has 3 aromatic carbocycles. The SMILES string of the molecule is Cc1ccccc1NC(=O)C1CC1C(=O)N(Cc1ccccc1)c1ccccc1. The molecule has 0 bridgehead atoms. The van der Waals surface area contributed by atoms with E-state index < -0.39 is 0 Å². The molecule has 29 heavy (non-hydrogen) atoms. The summed E-state index contributed by atoms with van der Waals surface area (Å²) in [5.41, 5.74) is 3.73. The summed E-state index contributed by atoms with van der Waals surface area (Å²) >= 11 is 0. The number of nitrogens with one attached hydrogen (secondary N) is 1. The maximum absolute atomic E-state index is 13.3. The second-order valence-corrected chi connectivity index (χ2v) is 7.50. The molecule has 4 nitrogen and oxygen atoms in total. The van der Waals surface area contributed by atoms with Crippen molar-refractivity contribution in [3.8, 4) is 0 Å². The zero-order valence-corrected chi connectivity index (χ0v) is 16.4. The molecule has 4 rings (SSSR count). The van der Waals surface area contributed by atoms with Gasteiger partial charge in [-0.3, -0.25) is 9.59 Å². The van der Waals surface area contributed by atoms with E-state index in [0.717, 1.165) is 22.5 Å². The molecule has 1 N–H and O–H groups in total. The lowest BCUT2D eigenvalue weighted by molar-refractivity contribution is -0.123. The van der Waals surface area contributed by atoms with Crippen molar-refractivity contribution < 1.29 is 9.59 Å². The van der Waals surface area contributed by atoms with Crippen LogP contribution in [0.1, 0.15) is 17.5 Å². The van der Waals surface area contributed by atoms with Crippen molar-refractivity contribution in [1.29, 1.82) is 0 Å². The monoisotopic (exact) mass is 384 g/mol. The van der Waals surface area contributed by atoms with Gasteiger partial charge in [0.1, 0.15) is 0 Å². The van der Waals surface area contributed by atoms with Crippen molar-refractivity contribution in [3.63, 3.8) is 0 Å². The number of hydrogen-bond acceptors (Lipinski definition) is 2. The van der Waals surface area contributed by atoms with E-state index in [-0.39, 0.29) is 23.7 Å². The molecule has 2 unspecified atom stereocenters. The number of rotatable bonds is 6. The fourth-order valence-electron chi connectivity index (χ4n) is 3.57. The molecule has 0 aromatic heterocycles. The second kappa shape index (κ2) is 8.31. The molecule has 0 radical (unpaired) electrons. The molecule has 4 heteroatoms. The predicted octanol–water partition coefficient (Wildman–Crippen LogP) is 4.80. The zero-order chi connectivity index (χ0) is 20.2. The molecule has 1 aliphatic rings. The van der Waals surface area contributed by atoms with Crippen LogP contribution in [0.5, 0.6) is 0 Å². The van der Waals surface area contributed by atoms with E-state index in [1.807, 2.05) is 91.9 Å². The number of para-hydroxylation sites is 2. The van der Waals surface area contributed by atoms with Crippen LogP contribution in [0.25, 0.3) is 0 Å². The van der Waals surface area contributed by atoms with Gasteiger partial charge in [0.05, 0.1) is 18.4 Å². The summed E-state index contributed by atoms with van der Waals surface area (Å²) in [6.07, 6.45) is 0.592. The van der Waals surface area contributed by atoms with Crippen LogP contribution in [0, 0.1) is 18.8 Å². The number of benzene rings is 3. The minimum absolute atomic E-state index is 0.00462. The van der Waals surface area contributed by atoms with Crippen molar-refractivity contribution >= 4 is 23.2 Å². The van der Waals surface area contributed by atoms with Crippen molar-refractivity contribution in [1.82, 2.24) is 0 Å². The molecule has 2 amide bonds. The first-order chi connectivity index (χ1) is 14.1. The number of carbonyl (C=O) groups excluding carboxylic acids is 2. The Morgan fingerprint density at radius 3 is 2.17 bits per heavy atom. The van der Waals surface area contributed by atoms with Gasteiger partial charge in [0, 0.05) is 11.4 Å². The highest BCUT2D eigenvalue weighted by atomic mass is 16.2. The Labute approximate surface area is 171 Å². The van der Waals surface area contributed by atoms with Gasteiger partial charge in [-0.15, -0.1) is 0 Å². The van der Waals surface area contributed by atoms with Gasteiger partial charge in [-0.25, -0.2) is 0 Å². The van der Waals surface area contributed by atoms with Crippen molar-refractivity contribution in [3.05, 3.63) is 96.1 Å². The first-order valence-electron chi connectivity index (χ1n) is 9.90. The van der Waals surface area contributed by atoms with Crippen molar-refractivity contribution in [2.24, 2.45) is 11.8 Å². The Hall–Kier alpha value is -3.40. The summed E-state index contributed by atoms with van der Waals surface area (Å²) in [7, 11) is 0. The van der Waals surface area contributed by atoms with Gasteiger partial charge < -0.3 is 10.2 Å². The summed E-state index contributed by atoms with van der Waals surface area (Å²) in [6, 6.07) is 27.3. The Bertz CT molecular complexity index is 1000. The summed E-state index contributed by atoms with van der Waals surface area (Å²) < 4.78 is 0. The molecule has 0 spiro atoms. The molecule has 0 saturated heterocycles. The highest BCUT2D eigenvalue weighted by molar-refractivity contribution is 6.04. The number of anilines is 2. The van der Waals surface area contributed by atoms with Crippen LogP contribution in [-0.2, 0) is 16.1 Å². The normalized spacial score (nSPS) is 17.4. The van der Waals surface area contributed by atoms with Gasteiger partial charge in [-0.05, 0) is 42.7 Å². The van der Waals surface area contributed by atoms with E-state index in [1.54, 1.807) is 4.90 Å². The van der Waals surface area contributed by atoms with Crippen molar-refractivity contribution in [2.45, 2.75) is 19.9 Å². The average Bonchev–Trinajstić information content (AvgIpc) is 3.56. The zero-order valence-electron chi connectivity index (χ0n) is 16.4.